The predicted octanol–water partition coefficient (Wildman–Crippen LogP) is 3.86. The van der Waals surface area contributed by atoms with E-state index in [-0.39, 0.29) is 11.7 Å². The van der Waals surface area contributed by atoms with Gasteiger partial charge in [0.2, 0.25) is 0 Å². The van der Waals surface area contributed by atoms with E-state index < -0.39 is 0 Å². The van der Waals surface area contributed by atoms with Gasteiger partial charge in [-0.25, -0.2) is 4.98 Å². The normalized spacial score (nSPS) is 17.3. The quantitative estimate of drug-likeness (QED) is 0.507. The van der Waals surface area contributed by atoms with Gasteiger partial charge in [-0.15, -0.1) is 0 Å². The summed E-state index contributed by atoms with van der Waals surface area (Å²) in [6.07, 6.45) is 0.966. The minimum Gasteiger partial charge on any atom is -0.355 e. The van der Waals surface area contributed by atoms with Crippen molar-refractivity contribution in [1.29, 1.82) is 0 Å². The molecule has 1 aliphatic rings. The number of thioether (sulfide) groups is 1. The number of hydrogen-bond acceptors (Lipinski definition) is 5. The largest absolute Gasteiger partial charge is 0.355 e. The second-order valence-corrected chi connectivity index (χ2v) is 7.74. The van der Waals surface area contributed by atoms with Crippen molar-refractivity contribution >= 4 is 22.7 Å². The predicted molar refractivity (Wildman–Crippen MR) is 108 cm³/mol. The Balaban J connectivity index is 1.82. The second kappa shape index (κ2) is 7.84. The summed E-state index contributed by atoms with van der Waals surface area (Å²) >= 11 is 1.56. The molecule has 1 atom stereocenters. The number of benzene rings is 2. The van der Waals surface area contributed by atoms with Gasteiger partial charge in [0.25, 0.3) is 5.56 Å². The van der Waals surface area contributed by atoms with Gasteiger partial charge in [-0.2, -0.15) is 0 Å². The number of aryl methyl sites for hydroxylation is 2. The molecule has 6 heteroatoms. The summed E-state index contributed by atoms with van der Waals surface area (Å²) in [5.41, 5.74) is 3.72. The van der Waals surface area contributed by atoms with Crippen LogP contribution in [0.4, 0.5) is 0 Å². The molecule has 2 aromatic carbocycles. The molecule has 0 unspecified atom stereocenters. The van der Waals surface area contributed by atoms with Gasteiger partial charge in [0.15, 0.2) is 5.16 Å². The third kappa shape index (κ3) is 3.78. The average Bonchev–Trinajstić information content (AvgIpc) is 2.69. The van der Waals surface area contributed by atoms with Crippen LogP contribution in [0.25, 0.3) is 16.6 Å². The van der Waals surface area contributed by atoms with Gasteiger partial charge >= 0.3 is 0 Å². The van der Waals surface area contributed by atoms with E-state index in [0.29, 0.717) is 23.9 Å². The van der Waals surface area contributed by atoms with Crippen molar-refractivity contribution in [3.63, 3.8) is 0 Å². The Labute approximate surface area is 162 Å². The zero-order valence-electron chi connectivity index (χ0n) is 15.5. The van der Waals surface area contributed by atoms with Crippen molar-refractivity contribution in [1.82, 2.24) is 9.55 Å². The van der Waals surface area contributed by atoms with Crippen LogP contribution in [-0.2, 0) is 9.47 Å². The van der Waals surface area contributed by atoms with Crippen LogP contribution >= 0.6 is 11.8 Å². The Morgan fingerprint density at radius 2 is 2.07 bits per heavy atom. The van der Waals surface area contributed by atoms with E-state index in [4.69, 9.17) is 14.5 Å². The summed E-state index contributed by atoms with van der Waals surface area (Å²) in [4.78, 5) is 18.1. The third-order valence-corrected chi connectivity index (χ3v) is 5.79. The van der Waals surface area contributed by atoms with E-state index in [2.05, 4.69) is 6.07 Å². The van der Waals surface area contributed by atoms with Crippen molar-refractivity contribution in [2.75, 3.05) is 19.2 Å². The summed E-state index contributed by atoms with van der Waals surface area (Å²) in [6.45, 7) is 5.10. The van der Waals surface area contributed by atoms with Gasteiger partial charge in [0, 0.05) is 5.75 Å². The Morgan fingerprint density at radius 1 is 1.22 bits per heavy atom. The van der Waals surface area contributed by atoms with Crippen molar-refractivity contribution in [3.05, 3.63) is 63.9 Å². The first kappa shape index (κ1) is 18.2. The molecule has 1 saturated heterocycles. The number of hydrogen-bond donors (Lipinski definition) is 0. The Kier molecular flexibility index (Phi) is 5.29. The SMILES string of the molecule is Cc1ccc(C)c(-n2c(SC[C@H]3CCOCO3)nc3ccccc3c2=O)c1. The number of aromatic nitrogens is 2. The van der Waals surface area contributed by atoms with Crippen LogP contribution in [0.15, 0.2) is 52.4 Å². The Hall–Kier alpha value is -2.15. The summed E-state index contributed by atoms with van der Waals surface area (Å²) < 4.78 is 12.6. The monoisotopic (exact) mass is 382 g/mol. The van der Waals surface area contributed by atoms with Gasteiger partial charge in [-0.05, 0) is 49.6 Å². The fourth-order valence-electron chi connectivity index (χ4n) is 3.18. The van der Waals surface area contributed by atoms with Gasteiger partial charge in [0.05, 0.1) is 29.3 Å². The van der Waals surface area contributed by atoms with Crippen LogP contribution in [-0.4, -0.2) is 34.8 Å². The molecule has 3 aromatic rings. The number of fused-ring (bicyclic) bond motifs is 1. The summed E-state index contributed by atoms with van der Waals surface area (Å²) in [7, 11) is 0. The number of ether oxygens (including phenoxy) is 2. The fraction of sp³-hybridized carbons (Fsp3) is 0.333. The van der Waals surface area contributed by atoms with Crippen molar-refractivity contribution < 1.29 is 9.47 Å². The molecule has 2 heterocycles. The molecule has 0 spiro atoms. The first-order chi connectivity index (χ1) is 13.1. The highest BCUT2D eigenvalue weighted by molar-refractivity contribution is 7.99. The maximum absolute atomic E-state index is 13.3. The van der Waals surface area contributed by atoms with E-state index in [0.717, 1.165) is 34.5 Å². The lowest BCUT2D eigenvalue weighted by molar-refractivity contribution is -0.130. The molecule has 1 aromatic heterocycles. The second-order valence-electron chi connectivity index (χ2n) is 6.76. The zero-order valence-corrected chi connectivity index (χ0v) is 16.3. The summed E-state index contributed by atoms with van der Waals surface area (Å²) in [5.74, 6) is 0.735. The molecule has 0 saturated carbocycles. The molecule has 0 amide bonds. The van der Waals surface area contributed by atoms with Crippen molar-refractivity contribution in [3.8, 4) is 5.69 Å². The maximum atomic E-state index is 13.3. The molecule has 140 valence electrons. The van der Waals surface area contributed by atoms with Crippen LogP contribution in [0, 0.1) is 13.8 Å². The minimum absolute atomic E-state index is 0.0373. The molecule has 0 aliphatic carbocycles. The van der Waals surface area contributed by atoms with Crippen molar-refractivity contribution in [2.45, 2.75) is 31.5 Å². The minimum atomic E-state index is -0.0373. The van der Waals surface area contributed by atoms with Crippen LogP contribution in [0.1, 0.15) is 17.5 Å². The standard InChI is InChI=1S/C21H22N2O3S/c1-14-7-8-15(2)19(11-14)23-20(24)17-5-3-4-6-18(17)22-21(23)27-12-16-9-10-25-13-26-16/h3-8,11,16H,9-10,12-13H2,1-2H3/t16-/m1/s1. The Morgan fingerprint density at radius 3 is 2.89 bits per heavy atom. The first-order valence-electron chi connectivity index (χ1n) is 9.05. The molecule has 0 radical (unpaired) electrons. The molecule has 4 rings (SSSR count). The molecule has 27 heavy (non-hydrogen) atoms. The number of para-hydroxylation sites is 1. The highest BCUT2D eigenvalue weighted by Crippen LogP contribution is 2.25. The fourth-order valence-corrected chi connectivity index (χ4v) is 4.25. The summed E-state index contributed by atoms with van der Waals surface area (Å²) in [6, 6.07) is 13.7. The highest BCUT2D eigenvalue weighted by Gasteiger charge is 2.19. The molecular weight excluding hydrogens is 360 g/mol. The smallest absolute Gasteiger partial charge is 0.266 e. The van der Waals surface area contributed by atoms with E-state index in [1.807, 2.05) is 50.2 Å². The molecule has 5 nitrogen and oxygen atoms in total. The van der Waals surface area contributed by atoms with Crippen LogP contribution < -0.4 is 5.56 Å². The topological polar surface area (TPSA) is 53.4 Å². The lowest BCUT2D eigenvalue weighted by Gasteiger charge is -2.23. The highest BCUT2D eigenvalue weighted by atomic mass is 32.2. The van der Waals surface area contributed by atoms with Gasteiger partial charge in [-0.1, -0.05) is 36.0 Å². The van der Waals surface area contributed by atoms with Crippen LogP contribution in [0.5, 0.6) is 0 Å². The number of nitrogens with zero attached hydrogens (tertiary/aromatic N) is 2. The molecule has 0 bridgehead atoms. The van der Waals surface area contributed by atoms with Crippen LogP contribution in [0.2, 0.25) is 0 Å². The average molecular weight is 382 g/mol. The van der Waals surface area contributed by atoms with Crippen molar-refractivity contribution in [2.24, 2.45) is 0 Å². The lowest BCUT2D eigenvalue weighted by atomic mass is 10.1. The number of rotatable bonds is 4. The first-order valence-corrected chi connectivity index (χ1v) is 10.0. The zero-order chi connectivity index (χ0) is 18.8. The molecule has 0 N–H and O–H groups in total. The van der Waals surface area contributed by atoms with Gasteiger partial charge < -0.3 is 9.47 Å². The third-order valence-electron chi connectivity index (χ3n) is 4.72. The lowest BCUT2D eigenvalue weighted by Crippen LogP contribution is -2.27. The van der Waals surface area contributed by atoms with E-state index in [1.165, 1.54) is 0 Å². The van der Waals surface area contributed by atoms with E-state index in [9.17, 15) is 4.79 Å². The maximum Gasteiger partial charge on any atom is 0.266 e. The van der Waals surface area contributed by atoms with Gasteiger partial charge in [-0.3, -0.25) is 9.36 Å². The van der Waals surface area contributed by atoms with E-state index >= 15 is 0 Å². The molecular formula is C21H22N2O3S. The van der Waals surface area contributed by atoms with Crippen LogP contribution in [0.3, 0.4) is 0 Å². The van der Waals surface area contributed by atoms with E-state index in [1.54, 1.807) is 16.3 Å². The Bertz CT molecular complexity index is 1030. The molecule has 1 aliphatic heterocycles. The molecule has 1 fully saturated rings. The van der Waals surface area contributed by atoms with Gasteiger partial charge in [0.1, 0.15) is 6.79 Å². The summed E-state index contributed by atoms with van der Waals surface area (Å²) in [5, 5.41) is 1.33.